The van der Waals surface area contributed by atoms with Crippen LogP contribution in [0.1, 0.15) is 75.7 Å². The van der Waals surface area contributed by atoms with Crippen LogP contribution in [-0.4, -0.2) is 181 Å². The van der Waals surface area contributed by atoms with Crippen molar-refractivity contribution in [3.05, 3.63) is 0 Å². The Kier molecular flexibility index (Phi) is 19.9. The number of carbonyl (C=O) groups is 9. The lowest BCUT2D eigenvalue weighted by Crippen LogP contribution is -2.69. The molecule has 0 aliphatic carbocycles. The molecule has 16 atom stereocenters. The van der Waals surface area contributed by atoms with Gasteiger partial charge in [0.1, 0.15) is 50.3 Å². The molecule has 0 saturated carbocycles. The summed E-state index contributed by atoms with van der Waals surface area (Å²) >= 11 is 0. The second kappa shape index (κ2) is 23.9. The predicted octanol–water partition coefficient (Wildman–Crippen LogP) is -2.33. The van der Waals surface area contributed by atoms with Crippen molar-refractivity contribution in [1.29, 1.82) is 0 Å². The minimum Gasteiger partial charge on any atom is -0.463 e. The van der Waals surface area contributed by atoms with Gasteiger partial charge in [-0.3, -0.25) is 43.2 Å². The standard InChI is InChI=1S/C39H57NO25/c1-15(41)52-12-25(55-18(4)44)29(56-19(5)45)32-28(40)24(50)11-39(10,64-32)65-34-31(57-20(6)46)27(14-54-17(3)43)62-38(36(34)60-23(9)49)63-30-26(13-53-16(2)42)61-37(51)35(59-22(8)48)33(30)58-21(7)47/h24-38,50-51H,11-14,40H2,1-10H3/t24?,25-,26?,27?,28-,29-,30-,31+,32?,33?,34?,35?,36?,37-,38+,39-/m1/s1. The fourth-order valence-corrected chi connectivity index (χ4v) is 7.25. The van der Waals surface area contributed by atoms with Gasteiger partial charge in [0.15, 0.2) is 55.0 Å². The second-order valence-corrected chi connectivity index (χ2v) is 15.3. The normalized spacial score (nSPS) is 33.1. The molecule has 0 aromatic carbocycles. The highest BCUT2D eigenvalue weighted by atomic mass is 16.8. The van der Waals surface area contributed by atoms with Crippen LogP contribution in [-0.2, 0) is 109 Å². The van der Waals surface area contributed by atoms with Gasteiger partial charge < -0.3 is 82.3 Å². The van der Waals surface area contributed by atoms with Gasteiger partial charge >= 0.3 is 53.7 Å². The number of ether oxygens (including phenoxy) is 14. The molecule has 0 amide bonds. The summed E-state index contributed by atoms with van der Waals surface area (Å²) in [5.74, 6) is -10.5. The Bertz CT molecular complexity index is 1740. The van der Waals surface area contributed by atoms with E-state index in [-0.39, 0.29) is 0 Å². The zero-order valence-electron chi connectivity index (χ0n) is 37.4. The van der Waals surface area contributed by atoms with Crippen molar-refractivity contribution in [3.8, 4) is 0 Å². The number of carbonyl (C=O) groups excluding carboxylic acids is 9. The first-order chi connectivity index (χ1) is 30.2. The molecule has 26 nitrogen and oxygen atoms in total. The number of hydrogen-bond donors (Lipinski definition) is 3. The summed E-state index contributed by atoms with van der Waals surface area (Å²) in [6, 6.07) is -1.44. The fraction of sp³-hybridized carbons (Fsp3) is 0.769. The van der Waals surface area contributed by atoms with Gasteiger partial charge in [0.2, 0.25) is 0 Å². The number of hydrogen-bond acceptors (Lipinski definition) is 26. The zero-order chi connectivity index (χ0) is 49.1. The smallest absolute Gasteiger partial charge is 0.303 e. The molecule has 3 aliphatic rings. The molecule has 0 spiro atoms. The molecule has 3 fully saturated rings. The maximum Gasteiger partial charge on any atom is 0.303 e. The molecule has 3 aliphatic heterocycles. The van der Waals surface area contributed by atoms with Crippen LogP contribution in [0.4, 0.5) is 0 Å². The monoisotopic (exact) mass is 939 g/mol. The Morgan fingerprint density at radius 1 is 0.585 bits per heavy atom. The third-order valence-corrected chi connectivity index (χ3v) is 9.54. The maximum absolute atomic E-state index is 13.0. The molecule has 26 heteroatoms. The molecule has 3 rings (SSSR count). The van der Waals surface area contributed by atoms with Gasteiger partial charge in [-0.15, -0.1) is 0 Å². The lowest BCUT2D eigenvalue weighted by molar-refractivity contribution is -0.388. The molecule has 368 valence electrons. The predicted molar refractivity (Wildman–Crippen MR) is 204 cm³/mol. The van der Waals surface area contributed by atoms with Gasteiger partial charge in [-0.05, 0) is 6.92 Å². The molecule has 0 radical (unpaired) electrons. The fourth-order valence-electron chi connectivity index (χ4n) is 7.25. The van der Waals surface area contributed by atoms with E-state index in [0.29, 0.717) is 0 Å². The van der Waals surface area contributed by atoms with Crippen molar-refractivity contribution in [2.24, 2.45) is 5.73 Å². The van der Waals surface area contributed by atoms with Gasteiger partial charge in [-0.2, -0.15) is 0 Å². The van der Waals surface area contributed by atoms with Crippen LogP contribution < -0.4 is 5.73 Å². The van der Waals surface area contributed by atoms with Crippen LogP contribution in [0.2, 0.25) is 0 Å². The summed E-state index contributed by atoms with van der Waals surface area (Å²) in [6.07, 6.45) is -25.2. The number of aliphatic hydroxyl groups excluding tert-OH is 2. The molecule has 0 aromatic rings. The average molecular weight is 940 g/mol. The number of rotatable bonds is 18. The molecule has 3 heterocycles. The zero-order valence-corrected chi connectivity index (χ0v) is 37.4. The summed E-state index contributed by atoms with van der Waals surface area (Å²) in [5, 5.41) is 22.4. The summed E-state index contributed by atoms with van der Waals surface area (Å²) in [6.45, 7) is 8.22. The van der Waals surface area contributed by atoms with Gasteiger partial charge in [-0.25, -0.2) is 0 Å². The van der Waals surface area contributed by atoms with E-state index >= 15 is 0 Å². The van der Waals surface area contributed by atoms with Crippen molar-refractivity contribution in [3.63, 3.8) is 0 Å². The Morgan fingerprint density at radius 3 is 1.55 bits per heavy atom. The van der Waals surface area contributed by atoms with E-state index in [4.69, 9.17) is 72.0 Å². The minimum absolute atomic E-state index is 0.534. The van der Waals surface area contributed by atoms with E-state index in [1.807, 2.05) is 0 Å². The SMILES string of the molecule is CC(=O)OCC1O[C@@H](O)C(OC(C)=O)C(OC(C)=O)[C@@H]1O[C@@H]1OC(COC(C)=O)[C@H](OC(C)=O)C(O[C@]2(C)CC(O)[C@@H](N)C([C@H](OC(C)=O)[C@@H](COC(C)=O)OC(C)=O)O2)C1OC(C)=O. The van der Waals surface area contributed by atoms with E-state index in [0.717, 1.165) is 62.3 Å². The van der Waals surface area contributed by atoms with E-state index in [1.54, 1.807) is 0 Å². The first-order valence-corrected chi connectivity index (χ1v) is 20.1. The third-order valence-electron chi connectivity index (χ3n) is 9.54. The van der Waals surface area contributed by atoms with Crippen LogP contribution in [0.25, 0.3) is 0 Å². The van der Waals surface area contributed by atoms with E-state index in [9.17, 15) is 53.4 Å². The summed E-state index contributed by atoms with van der Waals surface area (Å²) in [5.41, 5.74) is 6.41. The minimum atomic E-state index is -2.17. The van der Waals surface area contributed by atoms with Crippen LogP contribution in [0.5, 0.6) is 0 Å². The lowest BCUT2D eigenvalue weighted by Gasteiger charge is -2.52. The molecule has 3 saturated heterocycles. The largest absolute Gasteiger partial charge is 0.463 e. The van der Waals surface area contributed by atoms with Crippen LogP contribution in [0.3, 0.4) is 0 Å². The van der Waals surface area contributed by atoms with Crippen LogP contribution in [0, 0.1) is 0 Å². The highest BCUT2D eigenvalue weighted by molar-refractivity contribution is 5.69. The molecule has 0 aromatic heterocycles. The van der Waals surface area contributed by atoms with Crippen molar-refractivity contribution in [2.75, 3.05) is 19.8 Å². The van der Waals surface area contributed by atoms with Gasteiger partial charge in [0.25, 0.3) is 0 Å². The van der Waals surface area contributed by atoms with E-state index in [1.165, 1.54) is 6.92 Å². The van der Waals surface area contributed by atoms with Crippen LogP contribution >= 0.6 is 0 Å². The molecular formula is C39H57NO25. The van der Waals surface area contributed by atoms with E-state index in [2.05, 4.69) is 0 Å². The Hall–Kier alpha value is -5.09. The molecule has 8 unspecified atom stereocenters. The Balaban J connectivity index is 2.27. The first-order valence-electron chi connectivity index (χ1n) is 20.1. The van der Waals surface area contributed by atoms with Gasteiger partial charge in [0.05, 0.1) is 12.1 Å². The molecule has 65 heavy (non-hydrogen) atoms. The summed E-state index contributed by atoms with van der Waals surface area (Å²) in [4.78, 5) is 111. The Morgan fingerprint density at radius 2 is 1.06 bits per heavy atom. The van der Waals surface area contributed by atoms with E-state index < -0.39 is 178 Å². The summed E-state index contributed by atoms with van der Waals surface area (Å²) < 4.78 is 79.4. The van der Waals surface area contributed by atoms with Gasteiger partial charge in [0, 0.05) is 68.7 Å². The highest BCUT2D eigenvalue weighted by Crippen LogP contribution is 2.40. The van der Waals surface area contributed by atoms with Crippen LogP contribution in [0.15, 0.2) is 0 Å². The third kappa shape index (κ3) is 16.1. The number of aliphatic hydroxyl groups is 2. The lowest BCUT2D eigenvalue weighted by atomic mass is 9.89. The highest BCUT2D eigenvalue weighted by Gasteiger charge is 2.59. The molecular weight excluding hydrogens is 882 g/mol. The Labute approximate surface area is 372 Å². The topological polar surface area (TPSA) is 349 Å². The van der Waals surface area contributed by atoms with Crippen molar-refractivity contribution in [2.45, 2.75) is 173 Å². The van der Waals surface area contributed by atoms with Crippen molar-refractivity contribution >= 4 is 53.7 Å². The maximum atomic E-state index is 13.0. The number of nitrogens with two attached hydrogens (primary N) is 1. The quantitative estimate of drug-likeness (QED) is 0.0958. The molecule has 4 N–H and O–H groups in total. The van der Waals surface area contributed by atoms with Crippen molar-refractivity contribution < 1.29 is 120 Å². The summed E-state index contributed by atoms with van der Waals surface area (Å²) in [7, 11) is 0. The van der Waals surface area contributed by atoms with Gasteiger partial charge in [-0.1, -0.05) is 0 Å². The molecule has 0 bridgehead atoms. The second-order valence-electron chi connectivity index (χ2n) is 15.3. The average Bonchev–Trinajstić information content (AvgIpc) is 3.16. The van der Waals surface area contributed by atoms with Crippen molar-refractivity contribution in [1.82, 2.24) is 0 Å². The first kappa shape index (κ1) is 54.2. The number of esters is 9.